The van der Waals surface area contributed by atoms with Gasteiger partial charge in [0, 0.05) is 19.6 Å². The number of nitrogens with one attached hydrogen (secondary N) is 1. The van der Waals surface area contributed by atoms with E-state index in [4.69, 9.17) is 14.2 Å². The molecule has 1 atom stereocenters. The number of nitrogens with zero attached hydrogens (tertiary/aromatic N) is 4. The topological polar surface area (TPSA) is 90.7 Å². The van der Waals surface area contributed by atoms with Gasteiger partial charge in [-0.2, -0.15) is 0 Å². The third-order valence-electron chi connectivity index (χ3n) is 5.40. The van der Waals surface area contributed by atoms with Crippen LogP contribution in [-0.4, -0.2) is 66.8 Å². The minimum absolute atomic E-state index is 0.176. The number of likely N-dealkylation sites (tertiary alicyclic amines) is 1. The highest BCUT2D eigenvalue weighted by atomic mass is 16.5. The van der Waals surface area contributed by atoms with Crippen molar-refractivity contribution < 1.29 is 19.0 Å². The normalized spacial score (nSPS) is 16.9. The molecule has 9 heteroatoms. The number of benzene rings is 1. The number of carbonyl (C=O) groups excluding carboxylic acids is 1. The second-order valence-electron chi connectivity index (χ2n) is 8.25. The summed E-state index contributed by atoms with van der Waals surface area (Å²) < 4.78 is 18.2. The number of methoxy groups -OCH3 is 3. The average Bonchev–Trinajstić information content (AvgIpc) is 3.27. The Balaban J connectivity index is 1.67. The maximum atomic E-state index is 12.3. The van der Waals surface area contributed by atoms with Crippen molar-refractivity contribution in [3.05, 3.63) is 29.6 Å². The van der Waals surface area contributed by atoms with E-state index in [-0.39, 0.29) is 11.9 Å². The summed E-state index contributed by atoms with van der Waals surface area (Å²) in [6.45, 7) is 7.31. The molecule has 0 radical (unpaired) electrons. The molecule has 1 saturated heterocycles. The molecule has 1 aromatic heterocycles. The first-order valence-electron chi connectivity index (χ1n) is 10.7. The molecule has 2 aromatic rings. The Morgan fingerprint density at radius 2 is 1.90 bits per heavy atom. The fourth-order valence-corrected chi connectivity index (χ4v) is 3.82. The van der Waals surface area contributed by atoms with E-state index < -0.39 is 0 Å². The Kier molecular flexibility index (Phi) is 7.73. The van der Waals surface area contributed by atoms with Crippen LogP contribution in [0.4, 0.5) is 0 Å². The van der Waals surface area contributed by atoms with Crippen LogP contribution < -0.4 is 19.5 Å². The molecule has 1 fully saturated rings. The highest BCUT2D eigenvalue weighted by molar-refractivity contribution is 5.91. The Labute approximate surface area is 183 Å². The maximum absolute atomic E-state index is 12.3. The third-order valence-corrected chi connectivity index (χ3v) is 5.40. The van der Waals surface area contributed by atoms with E-state index in [1.54, 1.807) is 27.5 Å². The summed E-state index contributed by atoms with van der Waals surface area (Å²) in [7, 11) is 4.85. The number of rotatable bonds is 9. The molecule has 0 bridgehead atoms. The molecule has 1 N–H and O–H groups in total. The monoisotopic (exact) mass is 431 g/mol. The van der Waals surface area contributed by atoms with Crippen molar-refractivity contribution in [2.45, 2.75) is 39.3 Å². The van der Waals surface area contributed by atoms with Gasteiger partial charge in [0.1, 0.15) is 0 Å². The molecule has 0 aliphatic carbocycles. The summed E-state index contributed by atoms with van der Waals surface area (Å²) in [5.41, 5.74) is 1.45. The zero-order valence-corrected chi connectivity index (χ0v) is 19.1. The SMILES string of the molecule is COc1cc(CN2CCC[C@H](n3cc(C(=O)NCC(C)C)nn3)C2)cc(OC)c1OC. The number of ether oxygens (including phenoxy) is 3. The first kappa shape index (κ1) is 22.9. The smallest absolute Gasteiger partial charge is 0.273 e. The highest BCUT2D eigenvalue weighted by Crippen LogP contribution is 2.38. The van der Waals surface area contributed by atoms with Crippen LogP contribution in [0.3, 0.4) is 0 Å². The number of aromatic nitrogens is 3. The minimum atomic E-state index is -0.176. The number of carbonyl (C=O) groups is 1. The van der Waals surface area contributed by atoms with E-state index in [0.29, 0.717) is 35.4 Å². The lowest BCUT2D eigenvalue weighted by atomic mass is 10.0. The van der Waals surface area contributed by atoms with E-state index in [1.807, 2.05) is 16.8 Å². The van der Waals surface area contributed by atoms with E-state index in [9.17, 15) is 4.79 Å². The molecule has 1 aliphatic rings. The predicted molar refractivity (Wildman–Crippen MR) is 117 cm³/mol. The molecule has 1 aliphatic heterocycles. The first-order valence-corrected chi connectivity index (χ1v) is 10.7. The average molecular weight is 432 g/mol. The highest BCUT2D eigenvalue weighted by Gasteiger charge is 2.24. The van der Waals surface area contributed by atoms with Gasteiger partial charge in [-0.05, 0) is 43.0 Å². The fraction of sp³-hybridized carbons (Fsp3) is 0.591. The zero-order chi connectivity index (χ0) is 22.4. The van der Waals surface area contributed by atoms with Crippen LogP contribution in [0.5, 0.6) is 17.2 Å². The van der Waals surface area contributed by atoms with Gasteiger partial charge >= 0.3 is 0 Å². The predicted octanol–water partition coefficient (Wildman–Crippen LogP) is 2.53. The summed E-state index contributed by atoms with van der Waals surface area (Å²) in [5.74, 6) is 2.11. The van der Waals surface area contributed by atoms with Gasteiger partial charge in [0.15, 0.2) is 17.2 Å². The van der Waals surface area contributed by atoms with E-state index in [2.05, 4.69) is 34.4 Å². The van der Waals surface area contributed by atoms with E-state index >= 15 is 0 Å². The van der Waals surface area contributed by atoms with Crippen molar-refractivity contribution >= 4 is 5.91 Å². The van der Waals surface area contributed by atoms with Crippen LogP contribution in [0.1, 0.15) is 48.8 Å². The Morgan fingerprint density at radius 1 is 1.19 bits per heavy atom. The van der Waals surface area contributed by atoms with Crippen molar-refractivity contribution in [1.29, 1.82) is 0 Å². The molecule has 31 heavy (non-hydrogen) atoms. The van der Waals surface area contributed by atoms with Crippen molar-refractivity contribution in [3.63, 3.8) is 0 Å². The van der Waals surface area contributed by atoms with Gasteiger partial charge in [0.2, 0.25) is 5.75 Å². The molecule has 0 spiro atoms. The van der Waals surface area contributed by atoms with Crippen molar-refractivity contribution in [1.82, 2.24) is 25.2 Å². The maximum Gasteiger partial charge on any atom is 0.273 e. The second kappa shape index (κ2) is 10.5. The Morgan fingerprint density at radius 3 is 2.52 bits per heavy atom. The van der Waals surface area contributed by atoms with Crippen molar-refractivity contribution in [3.8, 4) is 17.2 Å². The van der Waals surface area contributed by atoms with Crippen LogP contribution in [0, 0.1) is 5.92 Å². The van der Waals surface area contributed by atoms with Gasteiger partial charge in [0.25, 0.3) is 5.91 Å². The van der Waals surface area contributed by atoms with Crippen LogP contribution in [0.15, 0.2) is 18.3 Å². The van der Waals surface area contributed by atoms with Gasteiger partial charge in [-0.15, -0.1) is 5.10 Å². The largest absolute Gasteiger partial charge is 0.493 e. The first-order chi connectivity index (χ1) is 14.9. The molecule has 2 heterocycles. The second-order valence-corrected chi connectivity index (χ2v) is 8.25. The van der Waals surface area contributed by atoms with Gasteiger partial charge in [0.05, 0.1) is 33.6 Å². The zero-order valence-electron chi connectivity index (χ0n) is 19.1. The van der Waals surface area contributed by atoms with Crippen LogP contribution in [0.25, 0.3) is 0 Å². The molecule has 9 nitrogen and oxygen atoms in total. The number of piperidine rings is 1. The lowest BCUT2D eigenvalue weighted by Gasteiger charge is -2.32. The molecular weight excluding hydrogens is 398 g/mol. The fourth-order valence-electron chi connectivity index (χ4n) is 3.82. The van der Waals surface area contributed by atoms with Crippen molar-refractivity contribution in [2.75, 3.05) is 41.0 Å². The lowest BCUT2D eigenvalue weighted by molar-refractivity contribution is 0.0944. The Bertz CT molecular complexity index is 858. The molecule has 0 saturated carbocycles. The van der Waals surface area contributed by atoms with Crippen LogP contribution in [-0.2, 0) is 6.54 Å². The summed E-state index contributed by atoms with van der Waals surface area (Å²) in [6, 6.07) is 4.14. The van der Waals surface area contributed by atoms with Gasteiger partial charge in [-0.25, -0.2) is 4.68 Å². The Hall–Kier alpha value is -2.81. The standard InChI is InChI=1S/C22H33N5O4/c1-15(2)11-23-22(28)18-14-27(25-24-18)17-7-6-8-26(13-17)12-16-9-19(29-3)21(31-5)20(10-16)30-4/h9-10,14-15,17H,6-8,11-13H2,1-5H3,(H,23,28)/t17-/m0/s1. The number of amides is 1. The molecule has 170 valence electrons. The minimum Gasteiger partial charge on any atom is -0.493 e. The van der Waals surface area contributed by atoms with Gasteiger partial charge < -0.3 is 19.5 Å². The molecule has 0 unspecified atom stereocenters. The van der Waals surface area contributed by atoms with Crippen LogP contribution >= 0.6 is 0 Å². The summed E-state index contributed by atoms with van der Waals surface area (Å²) in [5, 5.41) is 11.2. The van der Waals surface area contributed by atoms with E-state index in [1.165, 1.54) is 0 Å². The summed E-state index contributed by atoms with van der Waals surface area (Å²) >= 11 is 0. The quantitative estimate of drug-likeness (QED) is 0.652. The third kappa shape index (κ3) is 5.66. The van der Waals surface area contributed by atoms with Gasteiger partial charge in [-0.3, -0.25) is 9.69 Å². The molecule has 3 rings (SSSR count). The molecular formula is C22H33N5O4. The van der Waals surface area contributed by atoms with E-state index in [0.717, 1.165) is 38.0 Å². The van der Waals surface area contributed by atoms with Gasteiger partial charge in [-0.1, -0.05) is 19.1 Å². The number of hydrogen-bond donors (Lipinski definition) is 1. The lowest BCUT2D eigenvalue weighted by Crippen LogP contribution is -2.36. The molecule has 1 amide bonds. The van der Waals surface area contributed by atoms with Crippen molar-refractivity contribution in [2.24, 2.45) is 5.92 Å². The molecule has 1 aromatic carbocycles. The number of hydrogen-bond acceptors (Lipinski definition) is 7. The summed E-state index contributed by atoms with van der Waals surface area (Å²) in [6.07, 6.45) is 3.80. The van der Waals surface area contributed by atoms with Crippen LogP contribution in [0.2, 0.25) is 0 Å². The summed E-state index contributed by atoms with van der Waals surface area (Å²) in [4.78, 5) is 14.6.